The predicted octanol–water partition coefficient (Wildman–Crippen LogP) is -0.700. The summed E-state index contributed by atoms with van der Waals surface area (Å²) in [6.45, 7) is 1.34. The van der Waals surface area contributed by atoms with Gasteiger partial charge in [0.25, 0.3) is 0 Å². The average Bonchev–Trinajstić information content (AvgIpc) is 2.04. The van der Waals surface area contributed by atoms with E-state index >= 15 is 0 Å². The first-order valence-corrected chi connectivity index (χ1v) is 5.08. The van der Waals surface area contributed by atoms with Gasteiger partial charge in [-0.05, 0) is 13.2 Å². The van der Waals surface area contributed by atoms with Crippen molar-refractivity contribution in [3.8, 4) is 0 Å². The molecule has 0 rings (SSSR count). The lowest BCUT2D eigenvalue weighted by Crippen LogP contribution is -2.44. The number of carbonyl (C=O) groups excluding carboxylic acids is 1. The van der Waals surface area contributed by atoms with Crippen LogP contribution in [-0.2, 0) is 9.59 Å². The van der Waals surface area contributed by atoms with Crippen LogP contribution in [0.3, 0.4) is 0 Å². The van der Waals surface area contributed by atoms with Crippen LogP contribution >= 0.6 is 11.8 Å². The van der Waals surface area contributed by atoms with Crippen molar-refractivity contribution in [3.05, 3.63) is 0 Å². The Morgan fingerprint density at radius 1 is 1.54 bits per heavy atom. The zero-order chi connectivity index (χ0) is 10.4. The van der Waals surface area contributed by atoms with Gasteiger partial charge in [-0.25, -0.2) is 0 Å². The third kappa shape index (κ3) is 4.74. The van der Waals surface area contributed by atoms with E-state index in [-0.39, 0.29) is 5.75 Å². The number of aliphatic hydroxyl groups excluding tert-OH is 1. The molecule has 0 radical (unpaired) electrons. The van der Waals surface area contributed by atoms with Crippen molar-refractivity contribution in [2.24, 2.45) is 0 Å². The molecular formula is C7H13NO4S. The van der Waals surface area contributed by atoms with Crippen molar-refractivity contribution >= 4 is 23.6 Å². The zero-order valence-electron chi connectivity index (χ0n) is 7.48. The molecule has 1 amide bonds. The molecule has 0 aliphatic rings. The maximum Gasteiger partial charge on any atom is 0.325 e. The number of aliphatic carboxylic acids is 1. The Hall–Kier alpha value is -0.750. The fourth-order valence-corrected chi connectivity index (χ4v) is 1.07. The second-order valence-electron chi connectivity index (χ2n) is 2.54. The Kier molecular flexibility index (Phi) is 5.48. The van der Waals surface area contributed by atoms with Gasteiger partial charge in [-0.2, -0.15) is 11.8 Å². The van der Waals surface area contributed by atoms with E-state index in [2.05, 4.69) is 5.32 Å². The van der Waals surface area contributed by atoms with Crippen LogP contribution < -0.4 is 5.32 Å². The summed E-state index contributed by atoms with van der Waals surface area (Å²) in [5, 5.41) is 19.7. The smallest absolute Gasteiger partial charge is 0.325 e. The molecule has 0 aliphatic heterocycles. The van der Waals surface area contributed by atoms with Crippen molar-refractivity contribution < 1.29 is 19.8 Å². The predicted molar refractivity (Wildman–Crippen MR) is 49.6 cm³/mol. The Morgan fingerprint density at radius 3 is 2.46 bits per heavy atom. The summed E-state index contributed by atoms with van der Waals surface area (Å²) in [6, 6.07) is -0.969. The monoisotopic (exact) mass is 207 g/mol. The molecule has 0 aromatic carbocycles. The van der Waals surface area contributed by atoms with E-state index in [1.165, 1.54) is 18.7 Å². The summed E-state index contributed by atoms with van der Waals surface area (Å²) in [7, 11) is 0. The Balaban J connectivity index is 3.92. The van der Waals surface area contributed by atoms with Gasteiger partial charge in [0, 0.05) is 5.75 Å². The Labute approximate surface area is 80.5 Å². The molecule has 0 saturated carbocycles. The Morgan fingerprint density at radius 2 is 2.08 bits per heavy atom. The minimum Gasteiger partial charge on any atom is -0.480 e. The van der Waals surface area contributed by atoms with E-state index < -0.39 is 24.0 Å². The molecule has 3 N–H and O–H groups in total. The van der Waals surface area contributed by atoms with Crippen LogP contribution in [0.15, 0.2) is 0 Å². The Bertz CT molecular complexity index is 197. The van der Waals surface area contributed by atoms with Crippen LogP contribution in [-0.4, -0.2) is 46.2 Å². The molecule has 5 nitrogen and oxygen atoms in total. The second-order valence-corrected chi connectivity index (χ2v) is 3.45. The number of amides is 1. The average molecular weight is 207 g/mol. The number of carboxylic acids is 1. The van der Waals surface area contributed by atoms with Crippen LogP contribution in [0.2, 0.25) is 0 Å². The van der Waals surface area contributed by atoms with Crippen LogP contribution in [0.1, 0.15) is 6.92 Å². The topological polar surface area (TPSA) is 86.6 Å². The first-order valence-electron chi connectivity index (χ1n) is 3.69. The van der Waals surface area contributed by atoms with Crippen molar-refractivity contribution in [3.63, 3.8) is 0 Å². The highest BCUT2D eigenvalue weighted by Gasteiger charge is 2.19. The van der Waals surface area contributed by atoms with Crippen molar-refractivity contribution in [2.75, 3.05) is 12.0 Å². The number of carboxylic acid groups (broad SMARTS) is 1. The number of hydrogen-bond acceptors (Lipinski definition) is 4. The number of rotatable bonds is 5. The second kappa shape index (κ2) is 5.82. The maximum absolute atomic E-state index is 11.0. The highest BCUT2D eigenvalue weighted by Crippen LogP contribution is 1.97. The molecule has 0 fully saturated rings. The fourth-order valence-electron chi connectivity index (χ4n) is 0.605. The first-order chi connectivity index (χ1) is 5.99. The third-order valence-electron chi connectivity index (χ3n) is 1.36. The van der Waals surface area contributed by atoms with Gasteiger partial charge >= 0.3 is 5.97 Å². The van der Waals surface area contributed by atoms with E-state index in [9.17, 15) is 9.59 Å². The molecule has 0 aromatic heterocycles. The van der Waals surface area contributed by atoms with Crippen molar-refractivity contribution in [1.29, 1.82) is 0 Å². The highest BCUT2D eigenvalue weighted by molar-refractivity contribution is 7.98. The minimum atomic E-state index is -1.14. The summed E-state index contributed by atoms with van der Waals surface area (Å²) < 4.78 is 0. The number of carbonyl (C=O) groups is 2. The fraction of sp³-hybridized carbons (Fsp3) is 0.714. The van der Waals surface area contributed by atoms with Crippen LogP contribution in [0.25, 0.3) is 0 Å². The van der Waals surface area contributed by atoms with Crippen LogP contribution in [0.5, 0.6) is 0 Å². The van der Waals surface area contributed by atoms with E-state index in [1.54, 1.807) is 6.26 Å². The molecule has 1 unspecified atom stereocenters. The summed E-state index contributed by atoms with van der Waals surface area (Å²) in [5.74, 6) is -1.51. The van der Waals surface area contributed by atoms with E-state index in [0.717, 1.165) is 0 Å². The van der Waals surface area contributed by atoms with Gasteiger partial charge in [-0.15, -0.1) is 0 Å². The molecule has 0 heterocycles. The molecule has 0 aromatic rings. The van der Waals surface area contributed by atoms with Gasteiger partial charge < -0.3 is 15.5 Å². The van der Waals surface area contributed by atoms with E-state index in [0.29, 0.717) is 0 Å². The number of thioether (sulfide) groups is 1. The van der Waals surface area contributed by atoms with Gasteiger partial charge in [-0.1, -0.05) is 0 Å². The summed E-state index contributed by atoms with van der Waals surface area (Å²) >= 11 is 1.32. The van der Waals surface area contributed by atoms with Gasteiger partial charge in [-0.3, -0.25) is 9.59 Å². The lowest BCUT2D eigenvalue weighted by molar-refractivity contribution is -0.142. The van der Waals surface area contributed by atoms with Gasteiger partial charge in [0.2, 0.25) is 5.91 Å². The number of aliphatic hydroxyl groups is 1. The normalized spacial score (nSPS) is 14.7. The summed E-state index contributed by atoms with van der Waals surface area (Å²) in [4.78, 5) is 21.3. The van der Waals surface area contributed by atoms with Crippen LogP contribution in [0.4, 0.5) is 0 Å². The minimum absolute atomic E-state index is 0.262. The molecule has 6 heteroatoms. The zero-order valence-corrected chi connectivity index (χ0v) is 8.30. The van der Waals surface area contributed by atoms with Gasteiger partial charge in [0.15, 0.2) is 0 Å². The SMILES string of the molecule is CSCC(O)C(=O)N[C@@H](C)C(=O)O. The highest BCUT2D eigenvalue weighted by atomic mass is 32.2. The lowest BCUT2D eigenvalue weighted by atomic mass is 10.3. The van der Waals surface area contributed by atoms with Gasteiger partial charge in [0.05, 0.1) is 0 Å². The molecule has 76 valence electrons. The molecule has 0 spiro atoms. The summed E-state index contributed by atoms with van der Waals surface area (Å²) in [5.41, 5.74) is 0. The quantitative estimate of drug-likeness (QED) is 0.555. The molecule has 0 bridgehead atoms. The number of nitrogens with one attached hydrogen (secondary N) is 1. The largest absolute Gasteiger partial charge is 0.480 e. The molecule has 2 atom stereocenters. The lowest BCUT2D eigenvalue weighted by Gasteiger charge is -2.12. The van der Waals surface area contributed by atoms with Crippen molar-refractivity contribution in [2.45, 2.75) is 19.1 Å². The third-order valence-corrected chi connectivity index (χ3v) is 2.01. The molecule has 13 heavy (non-hydrogen) atoms. The first kappa shape index (κ1) is 12.2. The van der Waals surface area contributed by atoms with E-state index in [1.807, 2.05) is 0 Å². The van der Waals surface area contributed by atoms with Gasteiger partial charge in [0.1, 0.15) is 12.1 Å². The number of hydrogen-bond donors (Lipinski definition) is 3. The van der Waals surface area contributed by atoms with E-state index in [4.69, 9.17) is 10.2 Å². The molecule has 0 aliphatic carbocycles. The van der Waals surface area contributed by atoms with Crippen LogP contribution in [0, 0.1) is 0 Å². The molecular weight excluding hydrogens is 194 g/mol. The summed E-state index contributed by atoms with van der Waals surface area (Å²) in [6.07, 6.45) is 0.605. The maximum atomic E-state index is 11.0. The molecule has 0 saturated heterocycles. The standard InChI is InChI=1S/C7H13NO4S/c1-4(7(11)12)8-6(10)5(9)3-13-2/h4-5,9H,3H2,1-2H3,(H,8,10)(H,11,12)/t4-,5?/m0/s1. The van der Waals surface area contributed by atoms with Crippen molar-refractivity contribution in [1.82, 2.24) is 5.32 Å².